The first-order chi connectivity index (χ1) is 10.6. The van der Waals surface area contributed by atoms with E-state index in [1.807, 2.05) is 37.3 Å². The summed E-state index contributed by atoms with van der Waals surface area (Å²) in [6.07, 6.45) is -0.160. The lowest BCUT2D eigenvalue weighted by atomic mass is 10.2. The Bertz CT molecular complexity index is 461. The number of hydrogen-bond donors (Lipinski definition) is 2. The van der Waals surface area contributed by atoms with Crippen molar-refractivity contribution in [2.45, 2.75) is 26.0 Å². The van der Waals surface area contributed by atoms with Crippen molar-refractivity contribution in [3.63, 3.8) is 0 Å². The molecule has 0 fully saturated rings. The molecule has 0 radical (unpaired) electrons. The van der Waals surface area contributed by atoms with Gasteiger partial charge in [0.25, 0.3) is 0 Å². The highest BCUT2D eigenvalue weighted by molar-refractivity contribution is 5.84. The third-order valence-corrected chi connectivity index (χ3v) is 3.40. The lowest BCUT2D eigenvalue weighted by molar-refractivity contribution is -0.133. The van der Waals surface area contributed by atoms with E-state index < -0.39 is 0 Å². The third kappa shape index (κ3) is 6.24. The van der Waals surface area contributed by atoms with Crippen molar-refractivity contribution < 1.29 is 14.3 Å². The number of likely N-dealkylation sites (N-methyl/N-ethyl adjacent to an activating group) is 1. The Kier molecular flexibility index (Phi) is 8.17. The zero-order valence-corrected chi connectivity index (χ0v) is 13.2. The van der Waals surface area contributed by atoms with Gasteiger partial charge in [-0.2, -0.15) is 0 Å². The van der Waals surface area contributed by atoms with Crippen LogP contribution in [0.5, 0.6) is 0 Å². The Morgan fingerprint density at radius 2 is 2.00 bits per heavy atom. The van der Waals surface area contributed by atoms with Crippen LogP contribution in [0.3, 0.4) is 0 Å². The molecule has 6 heteroatoms. The molecule has 2 amide bonds. The molecule has 1 unspecified atom stereocenters. The van der Waals surface area contributed by atoms with Crippen LogP contribution in [-0.4, -0.2) is 49.6 Å². The molecule has 0 saturated carbocycles. The average Bonchev–Trinajstić information content (AvgIpc) is 2.56. The Balaban J connectivity index is 2.43. The maximum absolute atomic E-state index is 12.2. The molecule has 0 aliphatic carbocycles. The van der Waals surface area contributed by atoms with Crippen molar-refractivity contribution in [2.75, 3.05) is 26.7 Å². The van der Waals surface area contributed by atoms with Crippen LogP contribution in [0.15, 0.2) is 30.3 Å². The van der Waals surface area contributed by atoms with Gasteiger partial charge in [-0.05, 0) is 12.5 Å². The molecule has 22 heavy (non-hydrogen) atoms. The minimum Gasteiger partial charge on any atom is -0.380 e. The second-order valence-corrected chi connectivity index (χ2v) is 4.97. The molecule has 0 aliphatic heterocycles. The maximum atomic E-state index is 12.2. The van der Waals surface area contributed by atoms with Crippen LogP contribution < -0.4 is 11.1 Å². The summed E-state index contributed by atoms with van der Waals surface area (Å²) in [7, 11) is 1.51. The maximum Gasteiger partial charge on any atom is 0.242 e. The summed E-state index contributed by atoms with van der Waals surface area (Å²) in [5.41, 5.74) is 6.52. The van der Waals surface area contributed by atoms with E-state index in [1.165, 1.54) is 7.11 Å². The molecule has 1 aromatic carbocycles. The predicted octanol–water partition coefficient (Wildman–Crippen LogP) is 0.515. The highest BCUT2D eigenvalue weighted by Crippen LogP contribution is 2.04. The number of nitrogens with two attached hydrogens (primary N) is 1. The number of benzene rings is 1. The van der Waals surface area contributed by atoms with E-state index in [0.29, 0.717) is 13.1 Å². The first-order valence-corrected chi connectivity index (χ1v) is 7.42. The van der Waals surface area contributed by atoms with Gasteiger partial charge in [-0.1, -0.05) is 30.3 Å². The van der Waals surface area contributed by atoms with Gasteiger partial charge in [0, 0.05) is 26.7 Å². The van der Waals surface area contributed by atoms with E-state index in [1.54, 1.807) is 4.90 Å². The number of amides is 2. The molecule has 1 aromatic rings. The summed E-state index contributed by atoms with van der Waals surface area (Å²) in [5, 5.41) is 2.62. The second kappa shape index (κ2) is 9.92. The Morgan fingerprint density at radius 1 is 1.32 bits per heavy atom. The molecule has 3 N–H and O–H groups in total. The molecule has 0 aliphatic rings. The number of methoxy groups -OCH3 is 1. The Morgan fingerprint density at radius 3 is 2.55 bits per heavy atom. The summed E-state index contributed by atoms with van der Waals surface area (Å²) in [6, 6.07) is 9.75. The third-order valence-electron chi connectivity index (χ3n) is 3.40. The molecular formula is C16H25N3O3. The summed E-state index contributed by atoms with van der Waals surface area (Å²) in [5.74, 6) is -0.345. The molecule has 1 rings (SSSR count). The lowest BCUT2D eigenvalue weighted by Gasteiger charge is -2.21. The van der Waals surface area contributed by atoms with Crippen molar-refractivity contribution in [3.05, 3.63) is 35.9 Å². The largest absolute Gasteiger partial charge is 0.380 e. The standard InChI is InChI=1S/C16H25N3O3/c1-3-19(12-13-7-5-4-6-8-13)16(21)11-18-15(20)9-14(10-17)22-2/h4-8,14H,3,9-12,17H2,1-2H3,(H,18,20). The molecule has 0 saturated heterocycles. The summed E-state index contributed by atoms with van der Waals surface area (Å²) in [4.78, 5) is 25.6. The van der Waals surface area contributed by atoms with Crippen LogP contribution in [-0.2, 0) is 20.9 Å². The fraction of sp³-hybridized carbons (Fsp3) is 0.500. The van der Waals surface area contributed by atoms with Gasteiger partial charge >= 0.3 is 0 Å². The monoisotopic (exact) mass is 307 g/mol. The van der Waals surface area contributed by atoms with Crippen LogP contribution in [0.1, 0.15) is 18.9 Å². The normalized spacial score (nSPS) is 11.8. The number of hydrogen-bond acceptors (Lipinski definition) is 4. The fourth-order valence-corrected chi connectivity index (χ4v) is 2.01. The molecule has 0 heterocycles. The summed E-state index contributed by atoms with van der Waals surface area (Å²) in [6.45, 7) is 3.30. The smallest absolute Gasteiger partial charge is 0.242 e. The zero-order chi connectivity index (χ0) is 16.4. The Labute approximate surface area is 131 Å². The quantitative estimate of drug-likeness (QED) is 0.696. The van der Waals surface area contributed by atoms with Crippen molar-refractivity contribution in [1.82, 2.24) is 10.2 Å². The van der Waals surface area contributed by atoms with Crippen LogP contribution in [0.2, 0.25) is 0 Å². The van der Waals surface area contributed by atoms with Gasteiger partial charge in [0.05, 0.1) is 19.1 Å². The molecule has 122 valence electrons. The molecule has 0 bridgehead atoms. The van der Waals surface area contributed by atoms with Crippen molar-refractivity contribution >= 4 is 11.8 Å². The number of rotatable bonds is 9. The van der Waals surface area contributed by atoms with Gasteiger partial charge < -0.3 is 20.7 Å². The lowest BCUT2D eigenvalue weighted by Crippen LogP contribution is -2.41. The number of nitrogens with zero attached hydrogens (tertiary/aromatic N) is 1. The predicted molar refractivity (Wildman–Crippen MR) is 85.0 cm³/mol. The first kappa shape index (κ1) is 18.1. The van der Waals surface area contributed by atoms with Gasteiger partial charge in [0.1, 0.15) is 0 Å². The van der Waals surface area contributed by atoms with Crippen LogP contribution in [0.4, 0.5) is 0 Å². The van der Waals surface area contributed by atoms with Gasteiger partial charge in [0.2, 0.25) is 11.8 Å². The number of nitrogens with one attached hydrogen (secondary N) is 1. The molecule has 0 aromatic heterocycles. The van der Waals surface area contributed by atoms with E-state index >= 15 is 0 Å². The van der Waals surface area contributed by atoms with E-state index in [-0.39, 0.29) is 37.4 Å². The first-order valence-electron chi connectivity index (χ1n) is 7.42. The highest BCUT2D eigenvalue weighted by atomic mass is 16.5. The SMILES string of the molecule is CCN(Cc1ccccc1)C(=O)CNC(=O)CC(CN)OC. The molecular weight excluding hydrogens is 282 g/mol. The number of carbonyl (C=O) groups excluding carboxylic acids is 2. The van der Waals surface area contributed by atoms with Gasteiger partial charge in [0.15, 0.2) is 0 Å². The van der Waals surface area contributed by atoms with Crippen LogP contribution >= 0.6 is 0 Å². The van der Waals surface area contributed by atoms with Gasteiger partial charge in [-0.15, -0.1) is 0 Å². The minimum atomic E-state index is -0.318. The number of carbonyl (C=O) groups is 2. The van der Waals surface area contributed by atoms with Crippen LogP contribution in [0, 0.1) is 0 Å². The van der Waals surface area contributed by atoms with Gasteiger partial charge in [-0.25, -0.2) is 0 Å². The second-order valence-electron chi connectivity index (χ2n) is 4.97. The van der Waals surface area contributed by atoms with E-state index in [9.17, 15) is 9.59 Å². The highest BCUT2D eigenvalue weighted by Gasteiger charge is 2.15. The summed E-state index contributed by atoms with van der Waals surface area (Å²) < 4.78 is 5.04. The van der Waals surface area contributed by atoms with Crippen molar-refractivity contribution in [2.24, 2.45) is 5.73 Å². The molecule has 1 atom stereocenters. The van der Waals surface area contributed by atoms with E-state index in [4.69, 9.17) is 10.5 Å². The average molecular weight is 307 g/mol. The summed E-state index contributed by atoms with van der Waals surface area (Å²) >= 11 is 0. The van der Waals surface area contributed by atoms with Crippen molar-refractivity contribution in [1.29, 1.82) is 0 Å². The minimum absolute atomic E-state index is 0.0134. The fourth-order valence-electron chi connectivity index (χ4n) is 2.01. The topological polar surface area (TPSA) is 84.7 Å². The van der Waals surface area contributed by atoms with Crippen molar-refractivity contribution in [3.8, 4) is 0 Å². The van der Waals surface area contributed by atoms with E-state index in [2.05, 4.69) is 5.32 Å². The van der Waals surface area contributed by atoms with Gasteiger partial charge in [-0.3, -0.25) is 9.59 Å². The zero-order valence-electron chi connectivity index (χ0n) is 13.2. The van der Waals surface area contributed by atoms with E-state index in [0.717, 1.165) is 5.56 Å². The Hall–Kier alpha value is -1.92. The molecule has 6 nitrogen and oxygen atoms in total. The molecule has 0 spiro atoms. The van der Waals surface area contributed by atoms with Crippen LogP contribution in [0.25, 0.3) is 0 Å². The number of ether oxygens (including phenoxy) is 1.